The van der Waals surface area contributed by atoms with Crippen molar-refractivity contribution in [2.75, 3.05) is 16.8 Å². The van der Waals surface area contributed by atoms with Crippen molar-refractivity contribution < 1.29 is 4.79 Å². The zero-order valence-electron chi connectivity index (χ0n) is 11.2. The number of amides is 1. The predicted molar refractivity (Wildman–Crippen MR) is 84.1 cm³/mol. The second kappa shape index (κ2) is 5.21. The van der Waals surface area contributed by atoms with Crippen LogP contribution in [0.15, 0.2) is 47.4 Å². The number of thioether (sulfide) groups is 1. The Labute approximate surface area is 122 Å². The highest BCUT2D eigenvalue weighted by Crippen LogP contribution is 2.40. The van der Waals surface area contributed by atoms with Crippen LogP contribution >= 0.6 is 11.8 Å². The van der Waals surface area contributed by atoms with E-state index in [1.807, 2.05) is 43.3 Å². The van der Waals surface area contributed by atoms with E-state index < -0.39 is 0 Å². The molecule has 0 bridgehead atoms. The lowest BCUT2D eigenvalue weighted by molar-refractivity contribution is -0.117. The summed E-state index contributed by atoms with van der Waals surface area (Å²) in [5.41, 5.74) is 9.44. The molecule has 102 valence electrons. The van der Waals surface area contributed by atoms with Gasteiger partial charge in [-0.15, -0.1) is 11.8 Å². The van der Waals surface area contributed by atoms with Crippen LogP contribution in [0.2, 0.25) is 0 Å². The maximum atomic E-state index is 12.4. The van der Waals surface area contributed by atoms with E-state index in [2.05, 4.69) is 11.4 Å². The molecule has 0 fully saturated rings. The number of anilines is 2. The molecule has 2 aromatic carbocycles. The third-order valence-electron chi connectivity index (χ3n) is 3.48. The Morgan fingerprint density at radius 2 is 2.10 bits per heavy atom. The molecule has 0 aliphatic carbocycles. The maximum absolute atomic E-state index is 12.4. The molecule has 1 unspecified atom stereocenters. The van der Waals surface area contributed by atoms with E-state index in [4.69, 9.17) is 5.73 Å². The molecule has 1 aliphatic heterocycles. The van der Waals surface area contributed by atoms with Crippen LogP contribution in [0, 0.1) is 6.92 Å². The first kappa shape index (κ1) is 13.1. The minimum atomic E-state index is -0.100. The minimum Gasteiger partial charge on any atom is -0.397 e. The molecule has 20 heavy (non-hydrogen) atoms. The molecule has 0 spiro atoms. The Morgan fingerprint density at radius 1 is 1.30 bits per heavy atom. The van der Waals surface area contributed by atoms with Gasteiger partial charge in [0.1, 0.15) is 0 Å². The van der Waals surface area contributed by atoms with Crippen LogP contribution in [0.3, 0.4) is 0 Å². The highest BCUT2D eigenvalue weighted by molar-refractivity contribution is 7.99. The summed E-state index contributed by atoms with van der Waals surface area (Å²) in [6.45, 7) is 1.98. The van der Waals surface area contributed by atoms with E-state index in [1.165, 1.54) is 4.90 Å². The highest BCUT2D eigenvalue weighted by atomic mass is 32.2. The van der Waals surface area contributed by atoms with Gasteiger partial charge in [-0.2, -0.15) is 0 Å². The number of rotatable bonds is 2. The molecule has 0 radical (unpaired) electrons. The molecule has 4 heteroatoms. The molecule has 2 aromatic rings. The number of carbonyl (C=O) groups excluding carboxylic acids is 1. The zero-order chi connectivity index (χ0) is 14.1. The molecule has 3 nitrogen and oxygen atoms in total. The molecule has 0 aromatic heterocycles. The predicted octanol–water partition coefficient (Wildman–Crippen LogP) is 3.41. The van der Waals surface area contributed by atoms with Gasteiger partial charge >= 0.3 is 0 Å². The van der Waals surface area contributed by atoms with Gasteiger partial charge in [-0.1, -0.05) is 24.3 Å². The standard InChI is InChI=1S/C16H16N2OS/c1-10-6-7-14(13(17)8-10)18-16(19)12-9-20-15-5-3-2-4-11(12)15/h2-8,12H,9,17H2,1H3,(H,18,19). The van der Waals surface area contributed by atoms with Gasteiger partial charge in [-0.3, -0.25) is 4.79 Å². The second-order valence-electron chi connectivity index (χ2n) is 4.98. The summed E-state index contributed by atoms with van der Waals surface area (Å²) in [5, 5.41) is 2.94. The fourth-order valence-corrected chi connectivity index (χ4v) is 3.62. The zero-order valence-corrected chi connectivity index (χ0v) is 12.0. The third kappa shape index (κ3) is 2.39. The molecule has 1 amide bonds. The van der Waals surface area contributed by atoms with Crippen LogP contribution in [0.1, 0.15) is 17.0 Å². The van der Waals surface area contributed by atoms with Crippen LogP contribution in [-0.4, -0.2) is 11.7 Å². The monoisotopic (exact) mass is 284 g/mol. The van der Waals surface area contributed by atoms with Gasteiger partial charge in [0.2, 0.25) is 5.91 Å². The molecular formula is C16H16N2OS. The Hall–Kier alpha value is -1.94. The Morgan fingerprint density at radius 3 is 2.90 bits per heavy atom. The largest absolute Gasteiger partial charge is 0.397 e. The van der Waals surface area contributed by atoms with E-state index in [1.54, 1.807) is 11.8 Å². The first-order valence-corrected chi connectivity index (χ1v) is 7.52. The van der Waals surface area contributed by atoms with E-state index >= 15 is 0 Å². The van der Waals surface area contributed by atoms with Gasteiger partial charge in [-0.05, 0) is 36.2 Å². The van der Waals surface area contributed by atoms with Gasteiger partial charge in [0.15, 0.2) is 0 Å². The highest BCUT2D eigenvalue weighted by Gasteiger charge is 2.29. The fraction of sp³-hybridized carbons (Fsp3) is 0.188. The first-order chi connectivity index (χ1) is 9.65. The van der Waals surface area contributed by atoms with Crippen molar-refractivity contribution in [3.05, 3.63) is 53.6 Å². The van der Waals surface area contributed by atoms with Crippen LogP contribution in [-0.2, 0) is 4.79 Å². The molecule has 1 aliphatic rings. The lowest BCUT2D eigenvalue weighted by Crippen LogP contribution is -2.21. The van der Waals surface area contributed by atoms with E-state index in [0.717, 1.165) is 16.9 Å². The summed E-state index contributed by atoms with van der Waals surface area (Å²) in [5.74, 6) is 0.701. The summed E-state index contributed by atoms with van der Waals surface area (Å²) in [4.78, 5) is 13.6. The normalized spacial score (nSPS) is 16.8. The molecule has 0 saturated heterocycles. The average Bonchev–Trinajstić information content (AvgIpc) is 2.86. The Kier molecular flexibility index (Phi) is 3.40. The summed E-state index contributed by atoms with van der Waals surface area (Å²) in [6, 6.07) is 13.7. The first-order valence-electron chi connectivity index (χ1n) is 6.54. The van der Waals surface area contributed by atoms with E-state index in [-0.39, 0.29) is 11.8 Å². The molecule has 3 rings (SSSR count). The molecular weight excluding hydrogens is 268 g/mol. The van der Waals surface area contributed by atoms with Crippen LogP contribution in [0.5, 0.6) is 0 Å². The summed E-state index contributed by atoms with van der Waals surface area (Å²) in [7, 11) is 0. The van der Waals surface area contributed by atoms with Gasteiger partial charge in [-0.25, -0.2) is 0 Å². The molecule has 0 saturated carbocycles. The van der Waals surface area contributed by atoms with E-state index in [0.29, 0.717) is 11.4 Å². The van der Waals surface area contributed by atoms with Crippen molar-refractivity contribution in [2.45, 2.75) is 17.7 Å². The van der Waals surface area contributed by atoms with Gasteiger partial charge in [0.25, 0.3) is 0 Å². The lowest BCUT2D eigenvalue weighted by Gasteiger charge is -2.13. The van der Waals surface area contributed by atoms with Gasteiger partial charge < -0.3 is 11.1 Å². The number of fused-ring (bicyclic) bond motifs is 1. The number of hydrogen-bond donors (Lipinski definition) is 2. The smallest absolute Gasteiger partial charge is 0.232 e. The summed E-state index contributed by atoms with van der Waals surface area (Å²) >= 11 is 1.73. The maximum Gasteiger partial charge on any atom is 0.232 e. The van der Waals surface area contributed by atoms with Crippen molar-refractivity contribution in [1.29, 1.82) is 0 Å². The fourth-order valence-electron chi connectivity index (χ4n) is 2.40. The third-order valence-corrected chi connectivity index (χ3v) is 4.66. The van der Waals surface area contributed by atoms with Crippen LogP contribution in [0.25, 0.3) is 0 Å². The number of nitrogens with two attached hydrogens (primary N) is 1. The van der Waals surface area contributed by atoms with E-state index in [9.17, 15) is 4.79 Å². The Bertz CT molecular complexity index is 669. The second-order valence-corrected chi connectivity index (χ2v) is 6.04. The number of hydrogen-bond acceptors (Lipinski definition) is 3. The quantitative estimate of drug-likeness (QED) is 0.831. The van der Waals surface area contributed by atoms with Crippen molar-refractivity contribution in [3.8, 4) is 0 Å². The van der Waals surface area contributed by atoms with Crippen LogP contribution < -0.4 is 11.1 Å². The summed E-state index contributed by atoms with van der Waals surface area (Å²) < 4.78 is 0. The van der Waals surface area contributed by atoms with Crippen molar-refractivity contribution in [2.24, 2.45) is 0 Å². The number of nitrogens with one attached hydrogen (secondary N) is 1. The molecule has 1 atom stereocenters. The molecule has 3 N–H and O–H groups in total. The van der Waals surface area contributed by atoms with Crippen molar-refractivity contribution >= 4 is 29.0 Å². The SMILES string of the molecule is Cc1ccc(NC(=O)C2CSc3ccccc32)c(N)c1. The Balaban J connectivity index is 1.81. The number of benzene rings is 2. The van der Waals surface area contributed by atoms with Crippen molar-refractivity contribution in [3.63, 3.8) is 0 Å². The molecule has 1 heterocycles. The van der Waals surface area contributed by atoms with Gasteiger partial charge in [0, 0.05) is 10.6 Å². The lowest BCUT2D eigenvalue weighted by atomic mass is 10.0. The number of nitrogen functional groups attached to an aromatic ring is 1. The van der Waals surface area contributed by atoms with Crippen molar-refractivity contribution in [1.82, 2.24) is 0 Å². The average molecular weight is 284 g/mol. The number of aryl methyl sites for hydroxylation is 1. The topological polar surface area (TPSA) is 55.1 Å². The van der Waals surface area contributed by atoms with Crippen LogP contribution in [0.4, 0.5) is 11.4 Å². The number of carbonyl (C=O) groups is 1. The van der Waals surface area contributed by atoms with Gasteiger partial charge in [0.05, 0.1) is 17.3 Å². The minimum absolute atomic E-state index is 0.0120. The summed E-state index contributed by atoms with van der Waals surface area (Å²) in [6.07, 6.45) is 0.